The van der Waals surface area contributed by atoms with Crippen molar-refractivity contribution in [1.29, 1.82) is 0 Å². The fourth-order valence-electron chi connectivity index (χ4n) is 1.90. The van der Waals surface area contributed by atoms with Gasteiger partial charge in [-0.1, -0.05) is 0 Å². The number of ether oxygens (including phenoxy) is 1. The highest BCUT2D eigenvalue weighted by Gasteiger charge is 2.38. The highest BCUT2D eigenvalue weighted by Crippen LogP contribution is 2.32. The van der Waals surface area contributed by atoms with Crippen LogP contribution in [0, 0.1) is 11.3 Å². The summed E-state index contributed by atoms with van der Waals surface area (Å²) in [6.07, 6.45) is 2.28. The third-order valence-corrected chi connectivity index (χ3v) is 3.03. The number of carbonyl (C=O) groups excluding carboxylic acids is 1. The minimum absolute atomic E-state index is 0.0961. The van der Waals surface area contributed by atoms with E-state index in [1.165, 1.54) is 7.11 Å². The number of hydrogen-bond donors (Lipinski definition) is 1. The first-order chi connectivity index (χ1) is 6.09. The van der Waals surface area contributed by atoms with Crippen molar-refractivity contribution in [3.8, 4) is 0 Å². The van der Waals surface area contributed by atoms with E-state index in [2.05, 4.69) is 5.32 Å². The van der Waals surface area contributed by atoms with Crippen molar-refractivity contribution in [3.63, 3.8) is 0 Å². The van der Waals surface area contributed by atoms with Gasteiger partial charge in [-0.2, -0.15) is 0 Å². The van der Waals surface area contributed by atoms with Crippen molar-refractivity contribution < 1.29 is 9.53 Å². The van der Waals surface area contributed by atoms with E-state index in [0.29, 0.717) is 5.92 Å². The third kappa shape index (κ3) is 2.21. The molecule has 0 radical (unpaired) electrons. The predicted molar refractivity (Wildman–Crippen MR) is 51.4 cm³/mol. The topological polar surface area (TPSA) is 38.3 Å². The van der Waals surface area contributed by atoms with Crippen molar-refractivity contribution in [2.45, 2.75) is 26.7 Å². The molecule has 0 bridgehead atoms. The van der Waals surface area contributed by atoms with E-state index in [1.807, 2.05) is 13.8 Å². The summed E-state index contributed by atoms with van der Waals surface area (Å²) < 4.78 is 4.80. The lowest BCUT2D eigenvalue weighted by Gasteiger charge is -2.34. The van der Waals surface area contributed by atoms with Crippen LogP contribution in [0.1, 0.15) is 26.7 Å². The Morgan fingerprint density at radius 3 is 2.69 bits per heavy atom. The monoisotopic (exact) mass is 185 g/mol. The molecule has 0 aliphatic carbocycles. The van der Waals surface area contributed by atoms with Crippen LogP contribution in [0.4, 0.5) is 0 Å². The van der Waals surface area contributed by atoms with Gasteiger partial charge in [0.25, 0.3) is 0 Å². The van der Waals surface area contributed by atoms with Crippen molar-refractivity contribution in [2.24, 2.45) is 11.3 Å². The molecule has 1 heterocycles. The molecule has 0 aromatic carbocycles. The first kappa shape index (κ1) is 10.5. The number of hydrogen-bond acceptors (Lipinski definition) is 3. The Hall–Kier alpha value is -0.570. The average Bonchev–Trinajstić information content (AvgIpc) is 2.18. The van der Waals surface area contributed by atoms with Gasteiger partial charge in [-0.25, -0.2) is 0 Å². The molecule has 1 fully saturated rings. The van der Waals surface area contributed by atoms with Gasteiger partial charge >= 0.3 is 5.97 Å². The molecule has 1 aliphatic rings. The molecule has 1 N–H and O–H groups in total. The second kappa shape index (κ2) is 4.09. The maximum atomic E-state index is 11.5. The fourth-order valence-corrected chi connectivity index (χ4v) is 1.90. The number of nitrogens with one attached hydrogen (secondary N) is 1. The molecule has 0 unspecified atom stereocenters. The SMILES string of the molecule is COC(=O)C(C)(C)[C@H]1CCCNC1. The lowest BCUT2D eigenvalue weighted by Crippen LogP contribution is -2.43. The van der Waals surface area contributed by atoms with Gasteiger partial charge in [-0.15, -0.1) is 0 Å². The number of methoxy groups -OCH3 is 1. The number of esters is 1. The highest BCUT2D eigenvalue weighted by atomic mass is 16.5. The summed E-state index contributed by atoms with van der Waals surface area (Å²) in [6, 6.07) is 0. The van der Waals surface area contributed by atoms with E-state index in [-0.39, 0.29) is 11.4 Å². The zero-order valence-electron chi connectivity index (χ0n) is 8.72. The molecule has 3 nitrogen and oxygen atoms in total. The van der Waals surface area contributed by atoms with Crippen LogP contribution >= 0.6 is 0 Å². The lowest BCUT2D eigenvalue weighted by atomic mass is 9.75. The molecule has 0 amide bonds. The molecule has 1 rings (SSSR count). The van der Waals surface area contributed by atoms with E-state index in [1.54, 1.807) is 0 Å². The summed E-state index contributed by atoms with van der Waals surface area (Å²) >= 11 is 0. The Morgan fingerprint density at radius 2 is 2.23 bits per heavy atom. The zero-order chi connectivity index (χ0) is 9.90. The molecule has 1 aliphatic heterocycles. The second-order valence-electron chi connectivity index (χ2n) is 4.26. The number of carbonyl (C=O) groups is 1. The number of piperidine rings is 1. The van der Waals surface area contributed by atoms with Crippen LogP contribution in [0.2, 0.25) is 0 Å². The van der Waals surface area contributed by atoms with Crippen LogP contribution in [-0.4, -0.2) is 26.2 Å². The van der Waals surface area contributed by atoms with Crippen LogP contribution < -0.4 is 5.32 Å². The van der Waals surface area contributed by atoms with Gasteiger partial charge in [-0.05, 0) is 45.7 Å². The summed E-state index contributed by atoms with van der Waals surface area (Å²) in [6.45, 7) is 5.95. The molecular weight excluding hydrogens is 166 g/mol. The van der Waals surface area contributed by atoms with Gasteiger partial charge in [-0.3, -0.25) is 4.79 Å². The molecule has 76 valence electrons. The molecule has 0 saturated carbocycles. The average molecular weight is 185 g/mol. The Balaban J connectivity index is 2.60. The van der Waals surface area contributed by atoms with Crippen LogP contribution in [0.15, 0.2) is 0 Å². The maximum absolute atomic E-state index is 11.5. The van der Waals surface area contributed by atoms with Crippen LogP contribution in [0.3, 0.4) is 0 Å². The Morgan fingerprint density at radius 1 is 1.54 bits per heavy atom. The van der Waals surface area contributed by atoms with E-state index < -0.39 is 0 Å². The molecule has 1 atom stereocenters. The van der Waals surface area contributed by atoms with E-state index >= 15 is 0 Å². The minimum Gasteiger partial charge on any atom is -0.469 e. The van der Waals surface area contributed by atoms with E-state index in [0.717, 1.165) is 25.9 Å². The molecule has 0 aromatic rings. The predicted octanol–water partition coefficient (Wildman–Crippen LogP) is 1.19. The smallest absolute Gasteiger partial charge is 0.311 e. The van der Waals surface area contributed by atoms with Crippen LogP contribution in [0.5, 0.6) is 0 Å². The normalized spacial score (nSPS) is 24.1. The van der Waals surface area contributed by atoms with Crippen LogP contribution in [0.25, 0.3) is 0 Å². The number of rotatable bonds is 2. The summed E-state index contributed by atoms with van der Waals surface area (Å²) in [5.74, 6) is 0.315. The molecule has 3 heteroatoms. The Kier molecular flexibility index (Phi) is 3.31. The summed E-state index contributed by atoms with van der Waals surface area (Å²) in [7, 11) is 1.46. The van der Waals surface area contributed by atoms with Gasteiger partial charge in [0.1, 0.15) is 0 Å². The van der Waals surface area contributed by atoms with Crippen molar-refractivity contribution in [1.82, 2.24) is 5.32 Å². The first-order valence-electron chi connectivity index (χ1n) is 4.88. The van der Waals surface area contributed by atoms with Gasteiger partial charge in [0, 0.05) is 0 Å². The Labute approximate surface area is 79.8 Å². The second-order valence-corrected chi connectivity index (χ2v) is 4.26. The maximum Gasteiger partial charge on any atom is 0.311 e. The van der Waals surface area contributed by atoms with E-state index in [9.17, 15) is 4.79 Å². The molecule has 1 saturated heterocycles. The van der Waals surface area contributed by atoms with Crippen molar-refractivity contribution in [3.05, 3.63) is 0 Å². The summed E-state index contributed by atoms with van der Waals surface area (Å²) in [5.41, 5.74) is -0.345. The minimum atomic E-state index is -0.345. The van der Waals surface area contributed by atoms with Gasteiger partial charge in [0.05, 0.1) is 12.5 Å². The standard InChI is InChI=1S/C10H19NO2/c1-10(2,9(12)13-3)8-5-4-6-11-7-8/h8,11H,4-7H2,1-3H3/t8-/m0/s1. The summed E-state index contributed by atoms with van der Waals surface area (Å²) in [5, 5.41) is 3.31. The Bertz CT molecular complexity index is 183. The van der Waals surface area contributed by atoms with Crippen LogP contribution in [-0.2, 0) is 9.53 Å². The van der Waals surface area contributed by atoms with Gasteiger partial charge < -0.3 is 10.1 Å². The van der Waals surface area contributed by atoms with Gasteiger partial charge in [0.15, 0.2) is 0 Å². The van der Waals surface area contributed by atoms with E-state index in [4.69, 9.17) is 4.74 Å². The third-order valence-electron chi connectivity index (χ3n) is 3.03. The quantitative estimate of drug-likeness (QED) is 0.657. The summed E-state index contributed by atoms with van der Waals surface area (Å²) in [4.78, 5) is 11.5. The van der Waals surface area contributed by atoms with Crippen molar-refractivity contribution in [2.75, 3.05) is 20.2 Å². The zero-order valence-corrected chi connectivity index (χ0v) is 8.72. The first-order valence-corrected chi connectivity index (χ1v) is 4.88. The lowest BCUT2D eigenvalue weighted by molar-refractivity contribution is -0.154. The highest BCUT2D eigenvalue weighted by molar-refractivity contribution is 5.76. The van der Waals surface area contributed by atoms with Gasteiger partial charge in [0.2, 0.25) is 0 Å². The molecule has 0 spiro atoms. The van der Waals surface area contributed by atoms with Crippen molar-refractivity contribution >= 4 is 5.97 Å². The molecular formula is C10H19NO2. The largest absolute Gasteiger partial charge is 0.469 e. The molecule has 13 heavy (non-hydrogen) atoms. The molecule has 0 aromatic heterocycles. The fraction of sp³-hybridized carbons (Fsp3) is 0.900.